The Bertz CT molecular complexity index is 586. The van der Waals surface area contributed by atoms with E-state index in [1.54, 1.807) is 29.4 Å². The van der Waals surface area contributed by atoms with E-state index >= 15 is 0 Å². The second kappa shape index (κ2) is 5.48. The van der Waals surface area contributed by atoms with Crippen LogP contribution >= 0.6 is 0 Å². The molecule has 5 heteroatoms. The standard InChI is InChI=1S/C14H14FN3O/c1-2-18(11-5-7-17-8-6-11)14(19)10-3-4-13(16)12(15)9-10/h3-9H,2,16H2,1H3. The zero-order valence-electron chi connectivity index (χ0n) is 10.5. The van der Waals surface area contributed by atoms with Crippen LogP contribution in [0.1, 0.15) is 17.3 Å². The summed E-state index contributed by atoms with van der Waals surface area (Å²) in [7, 11) is 0. The molecular formula is C14H14FN3O. The Labute approximate surface area is 110 Å². The zero-order valence-corrected chi connectivity index (χ0v) is 10.5. The van der Waals surface area contributed by atoms with Crippen molar-refractivity contribution >= 4 is 17.3 Å². The van der Waals surface area contributed by atoms with Crippen molar-refractivity contribution in [2.24, 2.45) is 0 Å². The Kier molecular flexibility index (Phi) is 3.75. The molecule has 4 nitrogen and oxygen atoms in total. The maximum Gasteiger partial charge on any atom is 0.258 e. The molecule has 98 valence electrons. The molecule has 0 spiro atoms. The number of carbonyl (C=O) groups excluding carboxylic acids is 1. The molecule has 1 amide bonds. The third-order valence-corrected chi connectivity index (χ3v) is 2.78. The largest absolute Gasteiger partial charge is 0.396 e. The van der Waals surface area contributed by atoms with Crippen molar-refractivity contribution in [1.29, 1.82) is 0 Å². The molecule has 1 aromatic carbocycles. The number of benzene rings is 1. The monoisotopic (exact) mass is 259 g/mol. The normalized spacial score (nSPS) is 10.2. The van der Waals surface area contributed by atoms with E-state index in [4.69, 9.17) is 5.73 Å². The van der Waals surface area contributed by atoms with Crippen LogP contribution in [0.2, 0.25) is 0 Å². The molecule has 2 N–H and O–H groups in total. The maximum absolute atomic E-state index is 13.4. The minimum atomic E-state index is -0.586. The van der Waals surface area contributed by atoms with Crippen LogP contribution in [0.15, 0.2) is 42.7 Å². The van der Waals surface area contributed by atoms with Crippen LogP contribution in [0.3, 0.4) is 0 Å². The molecule has 2 rings (SSSR count). The average molecular weight is 259 g/mol. The van der Waals surface area contributed by atoms with Gasteiger partial charge in [0.05, 0.1) is 5.69 Å². The van der Waals surface area contributed by atoms with Gasteiger partial charge in [0.1, 0.15) is 5.82 Å². The topological polar surface area (TPSA) is 59.2 Å². The summed E-state index contributed by atoms with van der Waals surface area (Å²) in [6.45, 7) is 2.33. The van der Waals surface area contributed by atoms with E-state index < -0.39 is 5.82 Å². The van der Waals surface area contributed by atoms with Crippen molar-refractivity contribution < 1.29 is 9.18 Å². The molecule has 0 aliphatic carbocycles. The highest BCUT2D eigenvalue weighted by Crippen LogP contribution is 2.18. The number of halogens is 1. The zero-order chi connectivity index (χ0) is 13.8. The minimum absolute atomic E-state index is 0.0310. The second-order valence-corrected chi connectivity index (χ2v) is 3.99. The number of amides is 1. The predicted molar refractivity (Wildman–Crippen MR) is 72.4 cm³/mol. The first-order valence-corrected chi connectivity index (χ1v) is 5.90. The highest BCUT2D eigenvalue weighted by Gasteiger charge is 2.17. The second-order valence-electron chi connectivity index (χ2n) is 3.99. The fraction of sp³-hybridized carbons (Fsp3) is 0.143. The first-order chi connectivity index (χ1) is 9.13. The van der Waals surface area contributed by atoms with Gasteiger partial charge in [-0.05, 0) is 37.3 Å². The van der Waals surface area contributed by atoms with Gasteiger partial charge in [-0.3, -0.25) is 9.78 Å². The Morgan fingerprint density at radius 3 is 2.58 bits per heavy atom. The summed E-state index contributed by atoms with van der Waals surface area (Å²) in [5.74, 6) is -0.857. The van der Waals surface area contributed by atoms with Crippen LogP contribution in [0.25, 0.3) is 0 Å². The lowest BCUT2D eigenvalue weighted by molar-refractivity contribution is 0.0988. The summed E-state index contributed by atoms with van der Waals surface area (Å²) in [6.07, 6.45) is 3.21. The van der Waals surface area contributed by atoms with Gasteiger partial charge in [-0.2, -0.15) is 0 Å². The molecule has 0 bridgehead atoms. The van der Waals surface area contributed by atoms with Gasteiger partial charge < -0.3 is 10.6 Å². The van der Waals surface area contributed by atoms with Gasteiger partial charge in [-0.15, -0.1) is 0 Å². The van der Waals surface area contributed by atoms with Crippen LogP contribution in [-0.4, -0.2) is 17.4 Å². The Morgan fingerprint density at radius 2 is 2.00 bits per heavy atom. The van der Waals surface area contributed by atoms with Gasteiger partial charge >= 0.3 is 0 Å². The Morgan fingerprint density at radius 1 is 1.32 bits per heavy atom. The molecule has 19 heavy (non-hydrogen) atoms. The van der Waals surface area contributed by atoms with Crippen molar-refractivity contribution in [1.82, 2.24) is 4.98 Å². The van der Waals surface area contributed by atoms with Crippen LogP contribution in [0.4, 0.5) is 15.8 Å². The molecule has 0 saturated heterocycles. The van der Waals surface area contributed by atoms with E-state index in [2.05, 4.69) is 4.98 Å². The fourth-order valence-corrected chi connectivity index (χ4v) is 1.78. The van der Waals surface area contributed by atoms with E-state index in [0.29, 0.717) is 6.54 Å². The molecule has 0 fully saturated rings. The molecule has 0 aliphatic heterocycles. The molecule has 0 radical (unpaired) electrons. The Hall–Kier alpha value is -2.43. The molecular weight excluding hydrogens is 245 g/mol. The highest BCUT2D eigenvalue weighted by molar-refractivity contribution is 6.06. The highest BCUT2D eigenvalue weighted by atomic mass is 19.1. The molecule has 1 heterocycles. The van der Waals surface area contributed by atoms with E-state index in [0.717, 1.165) is 11.8 Å². The Balaban J connectivity index is 2.33. The molecule has 0 unspecified atom stereocenters. The van der Waals surface area contributed by atoms with E-state index in [-0.39, 0.29) is 17.2 Å². The lowest BCUT2D eigenvalue weighted by Gasteiger charge is -2.21. The van der Waals surface area contributed by atoms with Crippen LogP contribution in [0.5, 0.6) is 0 Å². The predicted octanol–water partition coefficient (Wildman–Crippen LogP) is 2.47. The third kappa shape index (κ3) is 2.70. The van der Waals surface area contributed by atoms with E-state index in [9.17, 15) is 9.18 Å². The summed E-state index contributed by atoms with van der Waals surface area (Å²) < 4.78 is 13.4. The smallest absolute Gasteiger partial charge is 0.258 e. The summed E-state index contributed by atoms with van der Waals surface area (Å²) in [5.41, 5.74) is 6.42. The van der Waals surface area contributed by atoms with E-state index in [1.165, 1.54) is 12.1 Å². The molecule has 0 aliphatic rings. The first-order valence-electron chi connectivity index (χ1n) is 5.90. The number of anilines is 2. The fourth-order valence-electron chi connectivity index (χ4n) is 1.78. The van der Waals surface area contributed by atoms with Crippen LogP contribution in [-0.2, 0) is 0 Å². The van der Waals surface area contributed by atoms with Gasteiger partial charge in [-0.25, -0.2) is 4.39 Å². The minimum Gasteiger partial charge on any atom is -0.396 e. The third-order valence-electron chi connectivity index (χ3n) is 2.78. The number of pyridine rings is 1. The van der Waals surface area contributed by atoms with Crippen LogP contribution in [0, 0.1) is 5.82 Å². The number of nitrogens with two attached hydrogens (primary N) is 1. The molecule has 0 atom stereocenters. The number of rotatable bonds is 3. The van der Waals surface area contributed by atoms with Crippen molar-refractivity contribution in [3.05, 3.63) is 54.1 Å². The number of hydrogen-bond acceptors (Lipinski definition) is 3. The molecule has 0 saturated carbocycles. The van der Waals surface area contributed by atoms with Crippen molar-refractivity contribution in [3.63, 3.8) is 0 Å². The van der Waals surface area contributed by atoms with Gasteiger partial charge in [0.15, 0.2) is 0 Å². The summed E-state index contributed by atoms with van der Waals surface area (Å²) in [4.78, 5) is 17.8. The van der Waals surface area contributed by atoms with Gasteiger partial charge in [0.2, 0.25) is 0 Å². The number of aromatic nitrogens is 1. The molecule has 1 aromatic heterocycles. The van der Waals surface area contributed by atoms with Crippen molar-refractivity contribution in [3.8, 4) is 0 Å². The summed E-state index contributed by atoms with van der Waals surface area (Å²) in [5, 5.41) is 0. The quantitative estimate of drug-likeness (QED) is 0.861. The van der Waals surface area contributed by atoms with E-state index in [1.807, 2.05) is 6.92 Å². The number of nitrogen functional groups attached to an aromatic ring is 1. The summed E-state index contributed by atoms with van der Waals surface area (Å²) in [6, 6.07) is 7.53. The lowest BCUT2D eigenvalue weighted by atomic mass is 10.1. The summed E-state index contributed by atoms with van der Waals surface area (Å²) >= 11 is 0. The SMILES string of the molecule is CCN(C(=O)c1ccc(N)c(F)c1)c1ccncc1. The van der Waals surface area contributed by atoms with Gasteiger partial charge in [-0.1, -0.05) is 0 Å². The van der Waals surface area contributed by atoms with Gasteiger partial charge in [0.25, 0.3) is 5.91 Å². The van der Waals surface area contributed by atoms with Crippen molar-refractivity contribution in [2.75, 3.05) is 17.2 Å². The van der Waals surface area contributed by atoms with Crippen LogP contribution < -0.4 is 10.6 Å². The maximum atomic E-state index is 13.4. The number of nitrogens with zero attached hydrogens (tertiary/aromatic N) is 2. The molecule has 2 aromatic rings. The first kappa shape index (κ1) is 13.0. The lowest BCUT2D eigenvalue weighted by Crippen LogP contribution is -2.30. The van der Waals surface area contributed by atoms with Gasteiger partial charge in [0, 0.05) is 30.2 Å². The average Bonchev–Trinajstić information content (AvgIpc) is 2.44. The number of hydrogen-bond donors (Lipinski definition) is 1. The number of carbonyl (C=O) groups is 1. The van der Waals surface area contributed by atoms with Crippen molar-refractivity contribution in [2.45, 2.75) is 6.92 Å².